The molecule has 0 saturated carbocycles. The maximum Gasteiger partial charge on any atom is 0.0935 e. The summed E-state index contributed by atoms with van der Waals surface area (Å²) in [4.78, 5) is 3.96. The number of aromatic nitrogens is 3. The number of benzene rings is 1. The standard InChI is InChI=1S/C16H13ClFN3/c17-15-10-19-6-4-14(15)12(3-5-18)7-11-1-2-16-13(8-11)9-20-21-16/h1-2,4,6-10H,3,5H2,(H,20,21)/b12-7+. The molecule has 0 aliphatic heterocycles. The van der Waals surface area contributed by atoms with Gasteiger partial charge in [-0.25, -0.2) is 0 Å². The summed E-state index contributed by atoms with van der Waals surface area (Å²) in [6.07, 6.45) is 7.26. The number of hydrogen-bond donors (Lipinski definition) is 1. The molecule has 3 aromatic rings. The van der Waals surface area contributed by atoms with Gasteiger partial charge in [-0.15, -0.1) is 0 Å². The molecule has 1 N–H and O–H groups in total. The van der Waals surface area contributed by atoms with Crippen molar-refractivity contribution in [3.8, 4) is 0 Å². The lowest BCUT2D eigenvalue weighted by Gasteiger charge is -2.08. The summed E-state index contributed by atoms with van der Waals surface area (Å²) in [6, 6.07) is 7.73. The second-order valence-electron chi connectivity index (χ2n) is 4.68. The van der Waals surface area contributed by atoms with Crippen LogP contribution in [0.5, 0.6) is 0 Å². The third-order valence-corrected chi connectivity index (χ3v) is 3.59. The van der Waals surface area contributed by atoms with E-state index in [0.717, 1.165) is 27.6 Å². The lowest BCUT2D eigenvalue weighted by Crippen LogP contribution is -1.89. The number of nitrogens with one attached hydrogen (secondary N) is 1. The molecule has 1 aromatic carbocycles. The first-order valence-corrected chi connectivity index (χ1v) is 6.95. The first kappa shape index (κ1) is 13.8. The number of allylic oxidation sites excluding steroid dienone is 1. The van der Waals surface area contributed by atoms with Crippen molar-refractivity contribution in [2.45, 2.75) is 6.42 Å². The maximum atomic E-state index is 12.9. The van der Waals surface area contributed by atoms with Gasteiger partial charge in [-0.1, -0.05) is 23.7 Å². The monoisotopic (exact) mass is 301 g/mol. The molecule has 0 aliphatic carbocycles. The van der Waals surface area contributed by atoms with Crippen molar-refractivity contribution in [3.63, 3.8) is 0 Å². The topological polar surface area (TPSA) is 41.6 Å². The van der Waals surface area contributed by atoms with Crippen molar-refractivity contribution in [1.29, 1.82) is 0 Å². The van der Waals surface area contributed by atoms with Gasteiger partial charge in [0, 0.05) is 24.2 Å². The summed E-state index contributed by atoms with van der Waals surface area (Å²) in [7, 11) is 0. The van der Waals surface area contributed by atoms with Crippen LogP contribution in [-0.4, -0.2) is 21.9 Å². The number of pyridine rings is 1. The number of aromatic amines is 1. The van der Waals surface area contributed by atoms with Gasteiger partial charge in [0.2, 0.25) is 0 Å². The van der Waals surface area contributed by atoms with E-state index in [1.54, 1.807) is 24.7 Å². The van der Waals surface area contributed by atoms with Crippen molar-refractivity contribution >= 4 is 34.2 Å². The quantitative estimate of drug-likeness (QED) is 0.770. The molecule has 0 saturated heterocycles. The molecule has 0 unspecified atom stereocenters. The average molecular weight is 302 g/mol. The lowest BCUT2D eigenvalue weighted by atomic mass is 10.0. The van der Waals surface area contributed by atoms with Crippen molar-refractivity contribution in [3.05, 3.63) is 59.0 Å². The van der Waals surface area contributed by atoms with Crippen LogP contribution in [0.4, 0.5) is 4.39 Å². The van der Waals surface area contributed by atoms with E-state index in [-0.39, 0.29) is 0 Å². The van der Waals surface area contributed by atoms with Crippen LogP contribution in [0, 0.1) is 0 Å². The highest BCUT2D eigenvalue weighted by Crippen LogP contribution is 2.28. The summed E-state index contributed by atoms with van der Waals surface area (Å²) in [6.45, 7) is -0.432. The summed E-state index contributed by atoms with van der Waals surface area (Å²) >= 11 is 6.16. The van der Waals surface area contributed by atoms with Gasteiger partial charge in [0.05, 0.1) is 23.4 Å². The Balaban J connectivity index is 2.05. The van der Waals surface area contributed by atoms with Crippen LogP contribution in [0.1, 0.15) is 17.5 Å². The highest BCUT2D eigenvalue weighted by Gasteiger charge is 2.07. The van der Waals surface area contributed by atoms with E-state index in [9.17, 15) is 4.39 Å². The molecule has 0 spiro atoms. The Morgan fingerprint density at radius 2 is 2.19 bits per heavy atom. The van der Waals surface area contributed by atoms with Gasteiger partial charge in [0.1, 0.15) is 0 Å². The highest BCUT2D eigenvalue weighted by atomic mass is 35.5. The van der Waals surface area contributed by atoms with Gasteiger partial charge >= 0.3 is 0 Å². The van der Waals surface area contributed by atoms with Crippen LogP contribution in [0.2, 0.25) is 5.02 Å². The molecular formula is C16H13ClFN3. The number of rotatable bonds is 4. The maximum absolute atomic E-state index is 12.9. The van der Waals surface area contributed by atoms with Gasteiger partial charge in [-0.05, 0) is 34.9 Å². The van der Waals surface area contributed by atoms with Crippen molar-refractivity contribution in [1.82, 2.24) is 15.2 Å². The first-order valence-electron chi connectivity index (χ1n) is 6.57. The first-order chi connectivity index (χ1) is 10.3. The Morgan fingerprint density at radius 3 is 3.00 bits per heavy atom. The zero-order valence-electron chi connectivity index (χ0n) is 11.2. The molecular weight excluding hydrogens is 289 g/mol. The Kier molecular flexibility index (Phi) is 3.97. The predicted molar refractivity (Wildman–Crippen MR) is 83.8 cm³/mol. The molecule has 0 aliphatic rings. The number of halogens is 2. The molecule has 0 atom stereocenters. The van der Waals surface area contributed by atoms with E-state index in [0.29, 0.717) is 11.4 Å². The second-order valence-corrected chi connectivity index (χ2v) is 5.09. The van der Waals surface area contributed by atoms with Crippen LogP contribution >= 0.6 is 11.6 Å². The normalized spacial score (nSPS) is 12.0. The molecule has 5 heteroatoms. The van der Waals surface area contributed by atoms with Gasteiger partial charge in [0.15, 0.2) is 0 Å². The highest BCUT2D eigenvalue weighted by molar-refractivity contribution is 6.32. The number of nitrogens with zero attached hydrogens (tertiary/aromatic N) is 2. The van der Waals surface area contributed by atoms with E-state index < -0.39 is 6.67 Å². The molecule has 0 fully saturated rings. The number of H-pyrrole nitrogens is 1. The second kappa shape index (κ2) is 6.06. The van der Waals surface area contributed by atoms with Crippen molar-refractivity contribution in [2.75, 3.05) is 6.67 Å². The van der Waals surface area contributed by atoms with Crippen LogP contribution in [0.25, 0.3) is 22.6 Å². The van der Waals surface area contributed by atoms with Crippen LogP contribution in [-0.2, 0) is 0 Å². The summed E-state index contributed by atoms with van der Waals surface area (Å²) in [5, 5.41) is 8.45. The molecule has 3 nitrogen and oxygen atoms in total. The molecule has 0 amide bonds. The Bertz CT molecular complexity index is 795. The zero-order chi connectivity index (χ0) is 14.7. The molecule has 2 aromatic heterocycles. The van der Waals surface area contributed by atoms with Gasteiger partial charge in [-0.3, -0.25) is 14.5 Å². The fourth-order valence-electron chi connectivity index (χ4n) is 2.27. The Labute approximate surface area is 126 Å². The van der Waals surface area contributed by atoms with Crippen LogP contribution in [0.3, 0.4) is 0 Å². The van der Waals surface area contributed by atoms with Gasteiger partial charge < -0.3 is 0 Å². The smallest absolute Gasteiger partial charge is 0.0935 e. The third kappa shape index (κ3) is 2.95. The number of alkyl halides is 1. The Hall–Kier alpha value is -2.20. The average Bonchev–Trinajstić information content (AvgIpc) is 2.95. The van der Waals surface area contributed by atoms with Crippen LogP contribution in [0.15, 0.2) is 42.9 Å². The van der Waals surface area contributed by atoms with E-state index in [1.807, 2.05) is 24.3 Å². The van der Waals surface area contributed by atoms with E-state index >= 15 is 0 Å². The minimum atomic E-state index is -0.432. The van der Waals surface area contributed by atoms with Crippen molar-refractivity contribution < 1.29 is 4.39 Å². The fourth-order valence-corrected chi connectivity index (χ4v) is 2.51. The minimum absolute atomic E-state index is 0.313. The number of hydrogen-bond acceptors (Lipinski definition) is 2. The molecule has 3 rings (SSSR count). The molecule has 0 bridgehead atoms. The fraction of sp³-hybridized carbons (Fsp3) is 0.125. The molecule has 2 heterocycles. The largest absolute Gasteiger partial charge is 0.278 e. The van der Waals surface area contributed by atoms with Gasteiger partial charge in [0.25, 0.3) is 0 Å². The molecule has 21 heavy (non-hydrogen) atoms. The van der Waals surface area contributed by atoms with Crippen molar-refractivity contribution in [2.24, 2.45) is 0 Å². The molecule has 0 radical (unpaired) electrons. The summed E-state index contributed by atoms with van der Waals surface area (Å²) < 4.78 is 12.9. The lowest BCUT2D eigenvalue weighted by molar-refractivity contribution is 0.505. The summed E-state index contributed by atoms with van der Waals surface area (Å²) in [5.41, 5.74) is 3.63. The minimum Gasteiger partial charge on any atom is -0.278 e. The summed E-state index contributed by atoms with van der Waals surface area (Å²) in [5.74, 6) is 0. The SMILES string of the molecule is FCC/C(=C\c1ccc2[nH]ncc2c1)c1ccncc1Cl. The van der Waals surface area contributed by atoms with Gasteiger partial charge in [-0.2, -0.15) is 5.10 Å². The third-order valence-electron chi connectivity index (χ3n) is 3.29. The molecule has 106 valence electrons. The Morgan fingerprint density at radius 1 is 1.29 bits per heavy atom. The van der Waals surface area contributed by atoms with E-state index in [1.165, 1.54) is 0 Å². The predicted octanol–water partition coefficient (Wildman–Crippen LogP) is 4.51. The van der Waals surface area contributed by atoms with E-state index in [4.69, 9.17) is 11.6 Å². The number of fused-ring (bicyclic) bond motifs is 1. The van der Waals surface area contributed by atoms with Crippen LogP contribution < -0.4 is 0 Å². The zero-order valence-corrected chi connectivity index (χ0v) is 11.9. The van der Waals surface area contributed by atoms with E-state index in [2.05, 4.69) is 15.2 Å².